The van der Waals surface area contributed by atoms with Gasteiger partial charge in [-0.25, -0.2) is 0 Å². The van der Waals surface area contributed by atoms with Gasteiger partial charge in [0.2, 0.25) is 5.78 Å². The molecule has 0 aromatic heterocycles. The predicted octanol–water partition coefficient (Wildman–Crippen LogP) is 2.25. The largest absolute Gasteiger partial charge is 0.508 e. The SMILES string of the molecule is C=CCN(C)Cc1ccc(-c2ccc(O)c3c2C[C@H]2C[C@H]4[C@H](N(C)C)C(=O)C(C(N)=O)=C(O)[C@@]4(O)C(=O)C2=C3O)cc1. The average Bonchev–Trinajstić information content (AvgIpc) is 2.91. The van der Waals surface area contributed by atoms with Gasteiger partial charge in [0.15, 0.2) is 11.4 Å². The first-order valence-electron chi connectivity index (χ1n) is 13.7. The molecule has 0 saturated heterocycles. The van der Waals surface area contributed by atoms with Crippen LogP contribution in [0.2, 0.25) is 0 Å². The van der Waals surface area contributed by atoms with E-state index in [1.54, 1.807) is 20.2 Å². The van der Waals surface area contributed by atoms with Crippen LogP contribution in [0.3, 0.4) is 0 Å². The van der Waals surface area contributed by atoms with E-state index in [0.717, 1.165) is 29.8 Å². The molecule has 10 nitrogen and oxygen atoms in total. The van der Waals surface area contributed by atoms with Gasteiger partial charge in [-0.2, -0.15) is 0 Å². The number of hydrogen-bond donors (Lipinski definition) is 5. The molecule has 3 aliphatic carbocycles. The fourth-order valence-corrected chi connectivity index (χ4v) is 6.90. The summed E-state index contributed by atoms with van der Waals surface area (Å²) in [4.78, 5) is 43.0. The molecule has 4 atom stereocenters. The molecule has 0 aliphatic heterocycles. The van der Waals surface area contributed by atoms with E-state index in [9.17, 15) is 34.8 Å². The number of aliphatic hydroxyl groups is 3. The number of Topliss-reactive ketones (excluding diaryl/α,β-unsaturated/α-hetero) is 2. The minimum Gasteiger partial charge on any atom is -0.508 e. The first-order chi connectivity index (χ1) is 19.8. The fourth-order valence-electron chi connectivity index (χ4n) is 6.90. The number of carbonyl (C=O) groups excluding carboxylic acids is 3. The van der Waals surface area contributed by atoms with Crippen molar-refractivity contribution in [1.29, 1.82) is 0 Å². The van der Waals surface area contributed by atoms with Gasteiger partial charge in [0.1, 0.15) is 22.8 Å². The van der Waals surface area contributed by atoms with E-state index < -0.39 is 58.0 Å². The summed E-state index contributed by atoms with van der Waals surface area (Å²) in [6.45, 7) is 5.24. The second kappa shape index (κ2) is 10.5. The van der Waals surface area contributed by atoms with Crippen molar-refractivity contribution in [3.05, 3.63) is 82.6 Å². The van der Waals surface area contributed by atoms with Gasteiger partial charge in [-0.15, -0.1) is 6.58 Å². The number of likely N-dealkylation sites (N-methyl/N-ethyl adjacent to an activating group) is 2. The van der Waals surface area contributed by atoms with Gasteiger partial charge in [-0.05, 0) is 68.2 Å². The van der Waals surface area contributed by atoms with Crippen molar-refractivity contribution < 1.29 is 34.8 Å². The number of carbonyl (C=O) groups is 3. The smallest absolute Gasteiger partial charge is 0.255 e. The molecule has 42 heavy (non-hydrogen) atoms. The Morgan fingerprint density at radius 2 is 1.76 bits per heavy atom. The highest BCUT2D eigenvalue weighted by Crippen LogP contribution is 2.53. The Morgan fingerprint density at radius 1 is 1.10 bits per heavy atom. The third-order valence-corrected chi connectivity index (χ3v) is 8.76. The van der Waals surface area contributed by atoms with Crippen LogP contribution in [0.4, 0.5) is 0 Å². The van der Waals surface area contributed by atoms with E-state index >= 15 is 0 Å². The van der Waals surface area contributed by atoms with Crippen LogP contribution in [0, 0.1) is 11.8 Å². The molecule has 1 fully saturated rings. The van der Waals surface area contributed by atoms with Crippen LogP contribution in [0.5, 0.6) is 5.75 Å². The number of phenolic OH excluding ortho intramolecular Hbond substituents is 1. The molecular weight excluding hydrogens is 538 g/mol. The van der Waals surface area contributed by atoms with Crippen molar-refractivity contribution in [2.45, 2.75) is 31.0 Å². The maximum absolute atomic E-state index is 14.0. The molecule has 2 aromatic rings. The third kappa shape index (κ3) is 4.34. The third-order valence-electron chi connectivity index (χ3n) is 8.76. The monoisotopic (exact) mass is 573 g/mol. The topological polar surface area (TPSA) is 165 Å². The van der Waals surface area contributed by atoms with E-state index in [4.69, 9.17) is 5.73 Å². The lowest BCUT2D eigenvalue weighted by Crippen LogP contribution is -2.65. The van der Waals surface area contributed by atoms with Crippen molar-refractivity contribution in [3.8, 4) is 16.9 Å². The number of ketones is 2. The predicted molar refractivity (Wildman–Crippen MR) is 156 cm³/mol. The minimum absolute atomic E-state index is 0.0371. The van der Waals surface area contributed by atoms with Crippen LogP contribution in [-0.2, 0) is 27.3 Å². The van der Waals surface area contributed by atoms with E-state index in [0.29, 0.717) is 5.56 Å². The van der Waals surface area contributed by atoms with E-state index in [2.05, 4.69) is 11.5 Å². The highest BCUT2D eigenvalue weighted by molar-refractivity contribution is 6.24. The summed E-state index contributed by atoms with van der Waals surface area (Å²) in [6.07, 6.45) is 2.10. The van der Waals surface area contributed by atoms with Gasteiger partial charge >= 0.3 is 0 Å². The molecule has 0 spiro atoms. The Bertz CT molecular complexity index is 1570. The number of fused-ring (bicyclic) bond motifs is 3. The van der Waals surface area contributed by atoms with Crippen LogP contribution in [0.25, 0.3) is 16.9 Å². The van der Waals surface area contributed by atoms with Gasteiger partial charge in [-0.1, -0.05) is 36.4 Å². The highest BCUT2D eigenvalue weighted by Gasteiger charge is 2.64. The van der Waals surface area contributed by atoms with Crippen molar-refractivity contribution in [2.24, 2.45) is 17.6 Å². The number of amides is 1. The molecule has 1 amide bonds. The van der Waals surface area contributed by atoms with Crippen LogP contribution in [-0.4, -0.2) is 87.0 Å². The summed E-state index contributed by atoms with van der Waals surface area (Å²) in [5, 5.41) is 45.0. The Kier molecular flexibility index (Phi) is 7.34. The lowest BCUT2D eigenvalue weighted by atomic mass is 9.57. The standard InChI is InChI=1S/C32H35N3O7/c1-5-12-35(4)15-16-6-8-17(9-7-16)19-10-11-22(36)24-20(19)13-18-14-21-26(34(2)3)28(38)25(31(33)41)30(40)32(21,42)29(39)23(18)27(24)37/h5-11,18,21,26,36-37,40,42H,1,12-15H2,2-4H3,(H2,33,41)/t18-,21-,26-,32-/m0/s1. The minimum atomic E-state index is -2.66. The zero-order chi connectivity index (χ0) is 30.7. The molecule has 5 rings (SSSR count). The number of nitrogens with zero attached hydrogens (tertiary/aromatic N) is 2. The zero-order valence-electron chi connectivity index (χ0n) is 23.8. The number of primary amides is 1. The molecule has 6 N–H and O–H groups in total. The molecule has 0 radical (unpaired) electrons. The second-order valence-corrected chi connectivity index (χ2v) is 11.6. The van der Waals surface area contributed by atoms with Crippen LogP contribution < -0.4 is 5.73 Å². The maximum Gasteiger partial charge on any atom is 0.255 e. The normalized spacial score (nSPS) is 25.4. The average molecular weight is 574 g/mol. The molecule has 2 aromatic carbocycles. The molecule has 10 heteroatoms. The summed E-state index contributed by atoms with van der Waals surface area (Å²) < 4.78 is 0. The molecule has 1 saturated carbocycles. The Balaban J connectivity index is 1.62. The first-order valence-corrected chi connectivity index (χ1v) is 13.7. The van der Waals surface area contributed by atoms with E-state index in [1.807, 2.05) is 37.4 Å². The van der Waals surface area contributed by atoms with Crippen molar-refractivity contribution in [2.75, 3.05) is 27.7 Å². The Labute approximate surface area is 243 Å². The molecule has 0 bridgehead atoms. The number of phenols is 1. The number of aliphatic hydroxyl groups excluding tert-OH is 2. The molecule has 220 valence electrons. The van der Waals surface area contributed by atoms with Gasteiger partial charge in [0.05, 0.1) is 11.6 Å². The summed E-state index contributed by atoms with van der Waals surface area (Å²) >= 11 is 0. The second-order valence-electron chi connectivity index (χ2n) is 11.6. The van der Waals surface area contributed by atoms with Gasteiger partial charge in [0.25, 0.3) is 5.91 Å². The summed E-state index contributed by atoms with van der Waals surface area (Å²) in [5.74, 6) is -6.69. The number of rotatable bonds is 7. The van der Waals surface area contributed by atoms with Crippen molar-refractivity contribution >= 4 is 23.2 Å². The van der Waals surface area contributed by atoms with Crippen molar-refractivity contribution in [1.82, 2.24) is 9.80 Å². The highest BCUT2D eigenvalue weighted by atomic mass is 16.3. The molecule has 0 unspecified atom stereocenters. The summed E-state index contributed by atoms with van der Waals surface area (Å²) in [7, 11) is 5.14. The van der Waals surface area contributed by atoms with Gasteiger partial charge in [0, 0.05) is 24.6 Å². The van der Waals surface area contributed by atoms with Gasteiger partial charge in [-0.3, -0.25) is 24.2 Å². The fraction of sp³-hybridized carbons (Fsp3) is 0.344. The zero-order valence-corrected chi connectivity index (χ0v) is 23.8. The Morgan fingerprint density at radius 3 is 2.36 bits per heavy atom. The lowest BCUT2D eigenvalue weighted by Gasteiger charge is -2.50. The quantitative estimate of drug-likeness (QED) is 0.247. The van der Waals surface area contributed by atoms with Crippen LogP contribution in [0.1, 0.15) is 23.1 Å². The van der Waals surface area contributed by atoms with Crippen LogP contribution >= 0.6 is 0 Å². The summed E-state index contributed by atoms with van der Waals surface area (Å²) in [5.41, 5.74) is 5.11. The summed E-state index contributed by atoms with van der Waals surface area (Å²) in [6, 6.07) is 9.99. The molecular formula is C32H35N3O7. The van der Waals surface area contributed by atoms with Gasteiger partial charge < -0.3 is 26.2 Å². The van der Waals surface area contributed by atoms with Crippen LogP contribution in [0.15, 0.2) is 66.0 Å². The first kappa shape index (κ1) is 29.2. The van der Waals surface area contributed by atoms with E-state index in [1.165, 1.54) is 11.0 Å². The number of nitrogens with two attached hydrogens (primary N) is 1. The maximum atomic E-state index is 14.0. The molecule has 3 aliphatic rings. The van der Waals surface area contributed by atoms with Crippen molar-refractivity contribution in [3.63, 3.8) is 0 Å². The van der Waals surface area contributed by atoms with E-state index in [-0.39, 0.29) is 29.7 Å². The number of aromatic hydroxyl groups is 1. The lowest BCUT2D eigenvalue weighted by molar-refractivity contribution is -0.153. The molecule has 0 heterocycles. The number of benzene rings is 2. The Hall–Kier alpha value is -4.25. The number of hydrogen-bond acceptors (Lipinski definition) is 9.